The quantitative estimate of drug-likeness (QED) is 0.368. The van der Waals surface area contributed by atoms with E-state index < -0.39 is 0 Å². The Balaban J connectivity index is 1.31. The van der Waals surface area contributed by atoms with E-state index in [0.29, 0.717) is 6.33 Å². The van der Waals surface area contributed by atoms with Crippen LogP contribution in [0.4, 0.5) is 4.39 Å². The Morgan fingerprint density at radius 2 is 1.34 bits per heavy atom. The first-order valence-electron chi connectivity index (χ1n) is 12.6. The van der Waals surface area contributed by atoms with Crippen LogP contribution in [0.25, 0.3) is 0 Å². The fourth-order valence-electron chi connectivity index (χ4n) is 5.80. The summed E-state index contributed by atoms with van der Waals surface area (Å²) in [6, 6.07) is 9.58. The van der Waals surface area contributed by atoms with Gasteiger partial charge in [-0.05, 0) is 86.2 Å². The van der Waals surface area contributed by atoms with Crippen molar-refractivity contribution < 1.29 is 4.39 Å². The summed E-state index contributed by atoms with van der Waals surface area (Å²) in [7, 11) is 0. The van der Waals surface area contributed by atoms with Crippen molar-refractivity contribution in [2.24, 2.45) is 17.8 Å². The molecule has 0 radical (unpaired) electrons. The van der Waals surface area contributed by atoms with Crippen molar-refractivity contribution in [1.82, 2.24) is 0 Å². The Morgan fingerprint density at radius 3 is 1.90 bits per heavy atom. The molecule has 2 fully saturated rings. The van der Waals surface area contributed by atoms with Gasteiger partial charge in [-0.2, -0.15) is 0 Å². The molecule has 0 N–H and O–H groups in total. The van der Waals surface area contributed by atoms with Gasteiger partial charge in [-0.25, -0.2) is 4.39 Å². The molecular formula is C28H43F. The third kappa shape index (κ3) is 7.58. The minimum Gasteiger partial charge on any atom is -0.216 e. The van der Waals surface area contributed by atoms with Crippen LogP contribution in [-0.2, 0) is 6.42 Å². The molecule has 0 nitrogen and oxygen atoms in total. The minimum absolute atomic E-state index is 0.711. The smallest absolute Gasteiger partial charge is 0.0827 e. The molecule has 0 aliphatic heterocycles. The van der Waals surface area contributed by atoms with Crippen LogP contribution in [0.1, 0.15) is 114 Å². The van der Waals surface area contributed by atoms with Crippen LogP contribution < -0.4 is 0 Å². The summed E-state index contributed by atoms with van der Waals surface area (Å²) in [5.41, 5.74) is 3.10. The average molecular weight is 399 g/mol. The molecule has 0 aromatic heterocycles. The Hall–Kier alpha value is -1.11. The molecule has 0 heterocycles. The highest BCUT2D eigenvalue weighted by Gasteiger charge is 2.25. The summed E-state index contributed by atoms with van der Waals surface area (Å²) >= 11 is 0. The number of allylic oxidation sites excluding steroid dienone is 1. The van der Waals surface area contributed by atoms with Crippen LogP contribution in [0.3, 0.4) is 0 Å². The zero-order chi connectivity index (χ0) is 20.3. The lowest BCUT2D eigenvalue weighted by Crippen LogP contribution is -2.17. The maximum Gasteiger partial charge on any atom is 0.0827 e. The SMILES string of the molecule is CCCCc1ccc([C@H]2CC[C@H](CC[C@H]3CC[C@H](CC/C=C/F)CC3)CC2)cc1. The Morgan fingerprint density at radius 1 is 0.793 bits per heavy atom. The van der Waals surface area contributed by atoms with Crippen LogP contribution >= 0.6 is 0 Å². The van der Waals surface area contributed by atoms with Crippen LogP contribution in [0.2, 0.25) is 0 Å². The first-order valence-corrected chi connectivity index (χ1v) is 12.6. The lowest BCUT2D eigenvalue weighted by Gasteiger charge is -2.32. The summed E-state index contributed by atoms with van der Waals surface area (Å²) in [5, 5.41) is 0. The summed E-state index contributed by atoms with van der Waals surface area (Å²) < 4.78 is 12.1. The van der Waals surface area contributed by atoms with E-state index in [4.69, 9.17) is 0 Å². The summed E-state index contributed by atoms with van der Waals surface area (Å²) in [6.45, 7) is 2.27. The standard InChI is InChI=1S/C28H43F/c1-2-3-6-23-14-18-27(19-15-23)28-20-16-26(17-21-28)13-12-25-10-8-24(9-11-25)7-4-5-22-29/h5,14-15,18-19,22,24-26,28H,2-4,6-13,16-17,20-21H2,1H3/b22-5+/t24-,25-,26-,28-. The largest absolute Gasteiger partial charge is 0.216 e. The van der Waals surface area contributed by atoms with Crippen molar-refractivity contribution in [3.8, 4) is 0 Å². The predicted octanol–water partition coefficient (Wildman–Crippen LogP) is 9.15. The molecule has 0 spiro atoms. The maximum atomic E-state index is 12.1. The molecule has 0 atom stereocenters. The van der Waals surface area contributed by atoms with Crippen molar-refractivity contribution in [3.05, 3.63) is 47.8 Å². The molecule has 1 heteroatoms. The van der Waals surface area contributed by atoms with Crippen LogP contribution in [0.15, 0.2) is 36.7 Å². The van der Waals surface area contributed by atoms with E-state index in [1.807, 2.05) is 0 Å². The monoisotopic (exact) mass is 398 g/mol. The van der Waals surface area contributed by atoms with Crippen molar-refractivity contribution in [1.29, 1.82) is 0 Å². The van der Waals surface area contributed by atoms with Gasteiger partial charge < -0.3 is 0 Å². The first kappa shape index (κ1) is 22.6. The number of benzene rings is 1. The number of hydrogen-bond donors (Lipinski definition) is 0. The van der Waals surface area contributed by atoms with Crippen LogP contribution in [0, 0.1) is 17.8 Å². The van der Waals surface area contributed by atoms with Gasteiger partial charge in [-0.3, -0.25) is 0 Å². The molecule has 0 bridgehead atoms. The number of halogens is 1. The van der Waals surface area contributed by atoms with Gasteiger partial charge in [-0.15, -0.1) is 0 Å². The van der Waals surface area contributed by atoms with Crippen LogP contribution in [0.5, 0.6) is 0 Å². The molecule has 3 rings (SSSR count). The summed E-state index contributed by atoms with van der Waals surface area (Å²) in [4.78, 5) is 0. The molecule has 2 aliphatic carbocycles. The lowest BCUT2D eigenvalue weighted by atomic mass is 9.74. The zero-order valence-corrected chi connectivity index (χ0v) is 18.8. The third-order valence-electron chi connectivity index (χ3n) is 7.90. The zero-order valence-electron chi connectivity index (χ0n) is 18.8. The van der Waals surface area contributed by atoms with Crippen LogP contribution in [-0.4, -0.2) is 0 Å². The highest BCUT2D eigenvalue weighted by Crippen LogP contribution is 2.40. The number of unbranched alkanes of at least 4 members (excludes halogenated alkanes) is 1. The molecule has 1 aromatic carbocycles. The highest BCUT2D eigenvalue weighted by molar-refractivity contribution is 5.26. The average Bonchev–Trinajstić information content (AvgIpc) is 2.78. The molecule has 29 heavy (non-hydrogen) atoms. The van der Waals surface area contributed by atoms with Gasteiger partial charge in [0.1, 0.15) is 0 Å². The predicted molar refractivity (Wildman–Crippen MR) is 124 cm³/mol. The second-order valence-corrected chi connectivity index (χ2v) is 9.97. The number of rotatable bonds is 10. The summed E-state index contributed by atoms with van der Waals surface area (Å²) in [5.74, 6) is 3.60. The molecule has 1 aromatic rings. The molecule has 0 saturated heterocycles. The van der Waals surface area contributed by atoms with E-state index in [1.54, 1.807) is 11.6 Å². The first-order chi connectivity index (χ1) is 14.3. The molecule has 162 valence electrons. The van der Waals surface area contributed by atoms with Gasteiger partial charge in [0, 0.05) is 0 Å². The fraction of sp³-hybridized carbons (Fsp3) is 0.714. The normalized spacial score (nSPS) is 28.1. The summed E-state index contributed by atoms with van der Waals surface area (Å²) in [6.07, 6.45) is 22.5. The molecule has 2 saturated carbocycles. The van der Waals surface area contributed by atoms with E-state index >= 15 is 0 Å². The van der Waals surface area contributed by atoms with E-state index in [1.165, 1.54) is 95.5 Å². The third-order valence-corrected chi connectivity index (χ3v) is 7.90. The number of aryl methyl sites for hydroxylation is 1. The molecule has 2 aliphatic rings. The Labute approximate surface area is 179 Å². The number of hydrogen-bond acceptors (Lipinski definition) is 0. The van der Waals surface area contributed by atoms with Gasteiger partial charge in [0.05, 0.1) is 6.33 Å². The van der Waals surface area contributed by atoms with E-state index in [0.717, 1.165) is 30.1 Å². The molecule has 0 amide bonds. The van der Waals surface area contributed by atoms with Crippen molar-refractivity contribution >= 4 is 0 Å². The van der Waals surface area contributed by atoms with Gasteiger partial charge in [0.25, 0.3) is 0 Å². The van der Waals surface area contributed by atoms with Gasteiger partial charge in [0.2, 0.25) is 0 Å². The topological polar surface area (TPSA) is 0 Å². The second-order valence-electron chi connectivity index (χ2n) is 9.97. The molecule has 0 unspecified atom stereocenters. The van der Waals surface area contributed by atoms with E-state index in [9.17, 15) is 4.39 Å². The van der Waals surface area contributed by atoms with E-state index in [2.05, 4.69) is 31.2 Å². The van der Waals surface area contributed by atoms with Crippen molar-refractivity contribution in [3.63, 3.8) is 0 Å². The Bertz CT molecular complexity index is 571. The van der Waals surface area contributed by atoms with Crippen molar-refractivity contribution in [2.75, 3.05) is 0 Å². The minimum atomic E-state index is 0.711. The van der Waals surface area contributed by atoms with Gasteiger partial charge >= 0.3 is 0 Å². The maximum absolute atomic E-state index is 12.1. The van der Waals surface area contributed by atoms with Gasteiger partial charge in [0.15, 0.2) is 0 Å². The Kier molecular flexibility index (Phi) is 9.77. The van der Waals surface area contributed by atoms with E-state index in [-0.39, 0.29) is 0 Å². The highest BCUT2D eigenvalue weighted by atomic mass is 19.1. The lowest BCUT2D eigenvalue weighted by molar-refractivity contribution is 0.225. The second kappa shape index (κ2) is 12.6. The van der Waals surface area contributed by atoms with Crippen molar-refractivity contribution in [2.45, 2.75) is 109 Å². The molecular weight excluding hydrogens is 355 g/mol. The van der Waals surface area contributed by atoms with Gasteiger partial charge in [-0.1, -0.05) is 82.2 Å². The fourth-order valence-corrected chi connectivity index (χ4v) is 5.80.